The number of anilines is 2. The van der Waals surface area contributed by atoms with Crippen molar-refractivity contribution in [2.75, 3.05) is 30.9 Å². The van der Waals surface area contributed by atoms with Crippen molar-refractivity contribution in [2.24, 2.45) is 0 Å². The molecule has 0 saturated carbocycles. The highest BCUT2D eigenvalue weighted by molar-refractivity contribution is 5.99. The number of nitrogens with zero attached hydrogens (tertiary/aromatic N) is 2. The number of nitrogens with one attached hydrogen (secondary N) is 3. The Labute approximate surface area is 185 Å². The van der Waals surface area contributed by atoms with E-state index in [0.717, 1.165) is 23.4 Å². The van der Waals surface area contributed by atoms with Crippen molar-refractivity contribution in [3.8, 4) is 22.8 Å². The number of benzene rings is 2. The summed E-state index contributed by atoms with van der Waals surface area (Å²) in [5, 5.41) is 6.00. The maximum absolute atomic E-state index is 11.5. The lowest BCUT2D eigenvalue weighted by molar-refractivity contribution is -0.111. The monoisotopic (exact) mass is 429 g/mol. The predicted octanol–water partition coefficient (Wildman–Crippen LogP) is 4.60. The van der Waals surface area contributed by atoms with Crippen molar-refractivity contribution in [1.29, 1.82) is 0 Å². The molecule has 0 unspecified atom stereocenters. The van der Waals surface area contributed by atoms with Crippen molar-refractivity contribution < 1.29 is 14.3 Å². The van der Waals surface area contributed by atoms with E-state index >= 15 is 0 Å². The van der Waals surface area contributed by atoms with Crippen LogP contribution in [0.2, 0.25) is 0 Å². The van der Waals surface area contributed by atoms with Crippen molar-refractivity contribution in [3.63, 3.8) is 0 Å². The van der Waals surface area contributed by atoms with E-state index in [4.69, 9.17) is 9.47 Å². The van der Waals surface area contributed by atoms with Crippen LogP contribution in [0.1, 0.15) is 0 Å². The summed E-state index contributed by atoms with van der Waals surface area (Å²) in [5.74, 6) is 0.590. The minimum atomic E-state index is -0.291. The molecule has 0 spiro atoms. The molecule has 2 heterocycles. The summed E-state index contributed by atoms with van der Waals surface area (Å²) >= 11 is 0. The molecule has 0 aliphatic heterocycles. The molecule has 0 aliphatic rings. The first kappa shape index (κ1) is 21.1. The number of amides is 1. The van der Waals surface area contributed by atoms with Crippen molar-refractivity contribution in [3.05, 3.63) is 73.6 Å². The summed E-state index contributed by atoms with van der Waals surface area (Å²) in [6.07, 6.45) is 4.65. The first-order chi connectivity index (χ1) is 15.7. The van der Waals surface area contributed by atoms with Gasteiger partial charge in [-0.3, -0.25) is 4.79 Å². The molecule has 32 heavy (non-hydrogen) atoms. The predicted molar refractivity (Wildman–Crippen MR) is 125 cm³/mol. The summed E-state index contributed by atoms with van der Waals surface area (Å²) < 4.78 is 11.0. The van der Waals surface area contributed by atoms with Crippen LogP contribution in [0.4, 0.5) is 11.4 Å². The van der Waals surface area contributed by atoms with Crippen LogP contribution in [-0.2, 0) is 9.53 Å². The Balaban J connectivity index is 1.55. The van der Waals surface area contributed by atoms with Crippen LogP contribution in [0.3, 0.4) is 0 Å². The highest BCUT2D eigenvalue weighted by atomic mass is 16.5. The first-order valence-electron chi connectivity index (χ1n) is 10.0. The number of methoxy groups -OCH3 is 1. The quantitative estimate of drug-likeness (QED) is 0.266. The van der Waals surface area contributed by atoms with Gasteiger partial charge in [-0.15, -0.1) is 0 Å². The van der Waals surface area contributed by atoms with Gasteiger partial charge in [0.25, 0.3) is 0 Å². The van der Waals surface area contributed by atoms with Crippen LogP contribution < -0.4 is 15.4 Å². The second-order valence-electron chi connectivity index (χ2n) is 6.93. The molecule has 0 saturated heterocycles. The molecule has 0 fully saturated rings. The van der Waals surface area contributed by atoms with Crippen LogP contribution >= 0.6 is 0 Å². The molecule has 0 aliphatic carbocycles. The molecule has 4 rings (SSSR count). The average Bonchev–Trinajstić information content (AvgIpc) is 3.23. The zero-order valence-corrected chi connectivity index (χ0v) is 17.6. The number of ether oxygens (including phenoxy) is 2. The van der Waals surface area contributed by atoms with E-state index in [9.17, 15) is 4.79 Å². The van der Waals surface area contributed by atoms with Gasteiger partial charge in [0.1, 0.15) is 11.3 Å². The van der Waals surface area contributed by atoms with Gasteiger partial charge in [0.05, 0.1) is 12.8 Å². The molecule has 0 radical (unpaired) electrons. The smallest absolute Gasteiger partial charge is 0.247 e. The van der Waals surface area contributed by atoms with Crippen LogP contribution in [0.25, 0.3) is 22.3 Å². The number of H-pyrrole nitrogens is 1. The highest BCUT2D eigenvalue weighted by Gasteiger charge is 2.11. The Morgan fingerprint density at radius 2 is 2.03 bits per heavy atom. The number of rotatable bonds is 9. The van der Waals surface area contributed by atoms with E-state index in [2.05, 4.69) is 32.2 Å². The van der Waals surface area contributed by atoms with Gasteiger partial charge in [-0.25, -0.2) is 9.97 Å². The largest absolute Gasteiger partial charge is 0.437 e. The third-order valence-corrected chi connectivity index (χ3v) is 4.70. The number of carbonyl (C=O) groups excluding carboxylic acids is 1. The Kier molecular flexibility index (Phi) is 6.43. The minimum Gasteiger partial charge on any atom is -0.437 e. The first-order valence-corrected chi connectivity index (χ1v) is 10.0. The third kappa shape index (κ3) is 4.93. The zero-order valence-electron chi connectivity index (χ0n) is 17.6. The summed E-state index contributed by atoms with van der Waals surface area (Å²) in [7, 11) is 1.68. The molecule has 2 aromatic carbocycles. The molecule has 8 nitrogen and oxygen atoms in total. The second-order valence-corrected chi connectivity index (χ2v) is 6.93. The topological polar surface area (TPSA) is 101 Å². The Morgan fingerprint density at radius 1 is 1.19 bits per heavy atom. The molecule has 162 valence electrons. The van der Waals surface area contributed by atoms with Gasteiger partial charge < -0.3 is 25.1 Å². The molecular formula is C24H23N5O3. The van der Waals surface area contributed by atoms with Gasteiger partial charge in [0, 0.05) is 42.9 Å². The number of carbonyl (C=O) groups is 1. The third-order valence-electron chi connectivity index (χ3n) is 4.70. The fourth-order valence-electron chi connectivity index (χ4n) is 3.16. The van der Waals surface area contributed by atoms with Gasteiger partial charge in [0.15, 0.2) is 5.65 Å². The highest BCUT2D eigenvalue weighted by Crippen LogP contribution is 2.30. The number of aromatic nitrogens is 3. The molecule has 0 atom stereocenters. The zero-order chi connectivity index (χ0) is 22.3. The molecule has 2 aromatic heterocycles. The lowest BCUT2D eigenvalue weighted by atomic mass is 10.1. The van der Waals surface area contributed by atoms with E-state index in [0.29, 0.717) is 35.1 Å². The van der Waals surface area contributed by atoms with Gasteiger partial charge in [-0.1, -0.05) is 24.8 Å². The van der Waals surface area contributed by atoms with E-state index in [1.807, 2.05) is 30.5 Å². The molecule has 8 heteroatoms. The lowest BCUT2D eigenvalue weighted by Gasteiger charge is -2.08. The van der Waals surface area contributed by atoms with Gasteiger partial charge in [-0.2, -0.15) is 0 Å². The Bertz CT molecular complexity index is 1230. The van der Waals surface area contributed by atoms with E-state index in [1.165, 1.54) is 6.08 Å². The lowest BCUT2D eigenvalue weighted by Crippen LogP contribution is -2.07. The summed E-state index contributed by atoms with van der Waals surface area (Å²) in [6.45, 7) is 4.84. The fourth-order valence-corrected chi connectivity index (χ4v) is 3.16. The number of hydrogen-bond donors (Lipinski definition) is 3. The maximum atomic E-state index is 11.5. The molecule has 1 amide bonds. The molecular weight excluding hydrogens is 406 g/mol. The fraction of sp³-hybridized carbons (Fsp3) is 0.125. The number of aromatic amines is 1. The van der Waals surface area contributed by atoms with E-state index in [-0.39, 0.29) is 5.91 Å². The summed E-state index contributed by atoms with van der Waals surface area (Å²) in [4.78, 5) is 23.7. The molecule has 4 aromatic rings. The molecule has 0 bridgehead atoms. The summed E-state index contributed by atoms with van der Waals surface area (Å²) in [6, 6.07) is 15.1. The van der Waals surface area contributed by atoms with Gasteiger partial charge in [-0.05, 0) is 35.9 Å². The van der Waals surface area contributed by atoms with Gasteiger partial charge >= 0.3 is 0 Å². The Hall–Kier alpha value is -4.17. The van der Waals surface area contributed by atoms with Crippen LogP contribution in [0.15, 0.2) is 73.6 Å². The number of hydrogen-bond acceptors (Lipinski definition) is 6. The average molecular weight is 429 g/mol. The molecule has 3 N–H and O–H groups in total. The minimum absolute atomic E-state index is 0.291. The van der Waals surface area contributed by atoms with Crippen LogP contribution in [0, 0.1) is 0 Å². The SMILES string of the molecule is C=CC(=O)Nc1cccc(Oc2cnc3[nH]cc(-c4ccc(NCCOC)cc4)c3n2)c1. The normalized spacial score (nSPS) is 10.7. The van der Waals surface area contributed by atoms with Crippen LogP contribution in [0.5, 0.6) is 11.6 Å². The van der Waals surface area contributed by atoms with Crippen molar-refractivity contribution >= 4 is 28.4 Å². The van der Waals surface area contributed by atoms with E-state index in [1.54, 1.807) is 37.6 Å². The standard InChI is InChI=1S/C24H23N5O3/c1-3-21(30)28-18-5-4-6-19(13-18)32-22-15-27-24-23(29-22)20(14-26-24)16-7-9-17(10-8-16)25-11-12-31-2/h3-10,13-15,25H,1,11-12H2,2H3,(H,26,27)(H,28,30). The maximum Gasteiger partial charge on any atom is 0.247 e. The second kappa shape index (κ2) is 9.76. The van der Waals surface area contributed by atoms with Crippen LogP contribution in [-0.4, -0.2) is 41.1 Å². The van der Waals surface area contributed by atoms with Crippen molar-refractivity contribution in [2.45, 2.75) is 0 Å². The Morgan fingerprint density at radius 3 is 2.81 bits per heavy atom. The number of fused-ring (bicyclic) bond motifs is 1. The van der Waals surface area contributed by atoms with Crippen molar-refractivity contribution in [1.82, 2.24) is 15.0 Å². The van der Waals surface area contributed by atoms with E-state index < -0.39 is 0 Å². The van der Waals surface area contributed by atoms with Gasteiger partial charge in [0.2, 0.25) is 11.8 Å². The summed E-state index contributed by atoms with van der Waals surface area (Å²) in [5.41, 5.74) is 4.93.